The summed E-state index contributed by atoms with van der Waals surface area (Å²) in [6.07, 6.45) is 1.17. The number of halogens is 1. The van der Waals surface area contributed by atoms with Gasteiger partial charge in [-0.1, -0.05) is 35.9 Å². The third-order valence-electron chi connectivity index (χ3n) is 2.13. The first-order valence-electron chi connectivity index (χ1n) is 4.32. The lowest BCUT2D eigenvalue weighted by Gasteiger charge is -2.13. The molecule has 4 heteroatoms. The lowest BCUT2D eigenvalue weighted by Crippen LogP contribution is -2.18. The number of rotatable bonds is 2. The molecule has 0 aliphatic heterocycles. The van der Waals surface area contributed by atoms with Crippen molar-refractivity contribution in [3.8, 4) is 0 Å². The fourth-order valence-corrected chi connectivity index (χ4v) is 1.57. The van der Waals surface area contributed by atoms with Crippen LogP contribution in [-0.2, 0) is 4.74 Å². The van der Waals surface area contributed by atoms with Crippen molar-refractivity contribution >= 4 is 23.2 Å². The van der Waals surface area contributed by atoms with Gasteiger partial charge in [-0.15, -0.1) is 0 Å². The SMILES string of the molecule is O=C1C=C(OCCl)C(=O)c2ccccc21. The van der Waals surface area contributed by atoms with Gasteiger partial charge in [0.05, 0.1) is 0 Å². The van der Waals surface area contributed by atoms with Crippen LogP contribution in [0.15, 0.2) is 36.1 Å². The molecule has 1 aromatic carbocycles. The van der Waals surface area contributed by atoms with E-state index in [1.807, 2.05) is 0 Å². The zero-order valence-electron chi connectivity index (χ0n) is 7.70. The highest BCUT2D eigenvalue weighted by atomic mass is 35.5. The number of ether oxygens (including phenoxy) is 1. The molecule has 3 nitrogen and oxygen atoms in total. The molecule has 0 atom stereocenters. The number of hydrogen-bond acceptors (Lipinski definition) is 3. The summed E-state index contributed by atoms with van der Waals surface area (Å²) < 4.78 is 4.88. The van der Waals surface area contributed by atoms with E-state index >= 15 is 0 Å². The van der Waals surface area contributed by atoms with Gasteiger partial charge in [0.25, 0.3) is 0 Å². The Morgan fingerprint density at radius 3 is 2.47 bits per heavy atom. The smallest absolute Gasteiger partial charge is 0.228 e. The summed E-state index contributed by atoms with van der Waals surface area (Å²) in [7, 11) is 0. The molecule has 0 saturated heterocycles. The predicted molar refractivity (Wildman–Crippen MR) is 55.0 cm³/mol. The largest absolute Gasteiger partial charge is 0.474 e. The van der Waals surface area contributed by atoms with Crippen LogP contribution < -0.4 is 0 Å². The lowest BCUT2D eigenvalue weighted by atomic mass is 9.94. The number of carbonyl (C=O) groups excluding carboxylic acids is 2. The van der Waals surface area contributed by atoms with Gasteiger partial charge in [0.15, 0.2) is 17.6 Å². The van der Waals surface area contributed by atoms with Crippen LogP contribution >= 0.6 is 11.6 Å². The number of alkyl halides is 1. The Balaban J connectivity index is 2.49. The van der Waals surface area contributed by atoms with E-state index in [1.54, 1.807) is 24.3 Å². The second-order valence-electron chi connectivity index (χ2n) is 3.00. The first kappa shape index (κ1) is 9.93. The van der Waals surface area contributed by atoms with Crippen LogP contribution in [0.25, 0.3) is 0 Å². The zero-order valence-corrected chi connectivity index (χ0v) is 8.45. The van der Waals surface area contributed by atoms with Crippen LogP contribution in [0.5, 0.6) is 0 Å². The van der Waals surface area contributed by atoms with Gasteiger partial charge in [-0.2, -0.15) is 0 Å². The van der Waals surface area contributed by atoms with E-state index in [0.717, 1.165) is 0 Å². The van der Waals surface area contributed by atoms with Crippen LogP contribution in [-0.4, -0.2) is 17.6 Å². The van der Waals surface area contributed by atoms with Gasteiger partial charge in [-0.25, -0.2) is 0 Å². The predicted octanol–water partition coefficient (Wildman–Crippen LogP) is 2.16. The summed E-state index contributed by atoms with van der Waals surface area (Å²) in [5, 5.41) is 0. The Morgan fingerprint density at radius 2 is 1.80 bits per heavy atom. The van der Waals surface area contributed by atoms with Crippen molar-refractivity contribution < 1.29 is 14.3 Å². The Bertz CT molecular complexity index is 463. The Kier molecular flexibility index (Phi) is 2.56. The number of benzene rings is 1. The maximum atomic E-state index is 11.7. The summed E-state index contributed by atoms with van der Waals surface area (Å²) in [4.78, 5) is 23.3. The second-order valence-corrected chi connectivity index (χ2v) is 3.22. The zero-order chi connectivity index (χ0) is 10.8. The highest BCUT2D eigenvalue weighted by Gasteiger charge is 2.25. The minimum absolute atomic E-state index is 0.00806. The van der Waals surface area contributed by atoms with Gasteiger partial charge in [0, 0.05) is 17.2 Å². The number of carbonyl (C=O) groups is 2. The van der Waals surface area contributed by atoms with Gasteiger partial charge in [-0.3, -0.25) is 9.59 Å². The molecule has 1 aromatic rings. The van der Waals surface area contributed by atoms with Crippen LogP contribution in [0.1, 0.15) is 20.7 Å². The number of hydrogen-bond donors (Lipinski definition) is 0. The van der Waals surface area contributed by atoms with Gasteiger partial charge in [-0.05, 0) is 0 Å². The summed E-state index contributed by atoms with van der Waals surface area (Å²) in [5.74, 6) is -0.523. The molecule has 0 radical (unpaired) electrons. The van der Waals surface area contributed by atoms with Gasteiger partial charge >= 0.3 is 0 Å². The molecule has 0 bridgehead atoms. The summed E-state index contributed by atoms with van der Waals surface area (Å²) in [5.41, 5.74) is 0.773. The van der Waals surface area contributed by atoms with Crippen molar-refractivity contribution in [2.24, 2.45) is 0 Å². The highest BCUT2D eigenvalue weighted by molar-refractivity contribution is 6.24. The summed E-state index contributed by atoms with van der Waals surface area (Å²) >= 11 is 5.35. The van der Waals surface area contributed by atoms with E-state index in [2.05, 4.69) is 0 Å². The highest BCUT2D eigenvalue weighted by Crippen LogP contribution is 2.21. The number of allylic oxidation sites excluding steroid dienone is 2. The third-order valence-corrected chi connectivity index (χ3v) is 2.24. The monoisotopic (exact) mass is 222 g/mol. The molecule has 0 saturated carbocycles. The van der Waals surface area contributed by atoms with E-state index in [4.69, 9.17) is 16.3 Å². The van der Waals surface area contributed by atoms with E-state index < -0.39 is 0 Å². The van der Waals surface area contributed by atoms with E-state index in [1.165, 1.54) is 6.08 Å². The molecule has 0 N–H and O–H groups in total. The van der Waals surface area contributed by atoms with E-state index in [-0.39, 0.29) is 23.4 Å². The minimum Gasteiger partial charge on any atom is -0.474 e. The van der Waals surface area contributed by atoms with Crippen LogP contribution in [0, 0.1) is 0 Å². The molecule has 1 aliphatic carbocycles. The normalized spacial score (nSPS) is 14.6. The fourth-order valence-electron chi connectivity index (χ4n) is 1.46. The molecular weight excluding hydrogens is 216 g/mol. The van der Waals surface area contributed by atoms with Gasteiger partial charge in [0.2, 0.25) is 5.78 Å². The average molecular weight is 223 g/mol. The van der Waals surface area contributed by atoms with E-state index in [9.17, 15) is 9.59 Å². The van der Waals surface area contributed by atoms with Crippen molar-refractivity contribution in [1.29, 1.82) is 0 Å². The molecule has 0 heterocycles. The quantitative estimate of drug-likeness (QED) is 0.721. The molecule has 1 aliphatic rings. The Morgan fingerprint density at radius 1 is 1.13 bits per heavy atom. The molecule has 0 unspecified atom stereocenters. The second kappa shape index (κ2) is 3.87. The van der Waals surface area contributed by atoms with Crippen LogP contribution in [0.2, 0.25) is 0 Å². The lowest BCUT2D eigenvalue weighted by molar-refractivity contribution is 0.0908. The van der Waals surface area contributed by atoms with Crippen molar-refractivity contribution in [2.75, 3.05) is 6.07 Å². The summed E-state index contributed by atoms with van der Waals surface area (Å²) in [6, 6.07) is 6.48. The van der Waals surface area contributed by atoms with E-state index in [0.29, 0.717) is 11.1 Å². The van der Waals surface area contributed by atoms with Crippen molar-refractivity contribution in [1.82, 2.24) is 0 Å². The molecule has 15 heavy (non-hydrogen) atoms. The first-order valence-corrected chi connectivity index (χ1v) is 4.86. The molecule has 2 rings (SSSR count). The number of ketones is 2. The van der Waals surface area contributed by atoms with Crippen LogP contribution in [0.4, 0.5) is 0 Å². The molecule has 76 valence electrons. The molecule has 0 fully saturated rings. The Labute approximate surface area is 91.3 Å². The molecule has 0 aromatic heterocycles. The van der Waals surface area contributed by atoms with Gasteiger partial charge in [0.1, 0.15) is 0 Å². The molecule has 0 amide bonds. The molecule has 0 spiro atoms. The summed E-state index contributed by atoms with van der Waals surface area (Å²) in [6.45, 7) is 0. The minimum atomic E-state index is -0.300. The first-order chi connectivity index (χ1) is 7.24. The van der Waals surface area contributed by atoms with Crippen molar-refractivity contribution in [2.45, 2.75) is 0 Å². The van der Waals surface area contributed by atoms with Crippen molar-refractivity contribution in [3.63, 3.8) is 0 Å². The maximum Gasteiger partial charge on any atom is 0.228 e. The van der Waals surface area contributed by atoms with Crippen molar-refractivity contribution in [3.05, 3.63) is 47.2 Å². The standard InChI is InChI=1S/C11H7ClO3/c12-6-15-10-5-9(13)7-3-1-2-4-8(7)11(10)14/h1-5H,6H2. The average Bonchev–Trinajstić information content (AvgIpc) is 2.26. The number of Topliss-reactive ketones (excluding diaryl/α,β-unsaturated/α-hetero) is 1. The fraction of sp³-hybridized carbons (Fsp3) is 0.0909. The third kappa shape index (κ3) is 1.66. The topological polar surface area (TPSA) is 43.4 Å². The van der Waals surface area contributed by atoms with Crippen LogP contribution in [0.3, 0.4) is 0 Å². The number of fused-ring (bicyclic) bond motifs is 1. The van der Waals surface area contributed by atoms with Gasteiger partial charge < -0.3 is 4.74 Å². The molecular formula is C11H7ClO3. The Hall–Kier alpha value is -1.61. The maximum absolute atomic E-state index is 11.7.